The van der Waals surface area contributed by atoms with E-state index in [2.05, 4.69) is 35.7 Å². The summed E-state index contributed by atoms with van der Waals surface area (Å²) in [6, 6.07) is 0. The molecule has 2 aliphatic rings. The molecule has 0 aromatic carbocycles. The number of hydrogen-bond donors (Lipinski definition) is 1. The van der Waals surface area contributed by atoms with Gasteiger partial charge >= 0.3 is 8.72 Å². The van der Waals surface area contributed by atoms with Gasteiger partial charge in [-0.2, -0.15) is 0 Å². The van der Waals surface area contributed by atoms with Gasteiger partial charge in [-0.1, -0.05) is 0 Å². The predicted octanol–water partition coefficient (Wildman–Crippen LogP) is 1.39. The lowest BCUT2D eigenvalue weighted by Gasteiger charge is -2.46. The van der Waals surface area contributed by atoms with Crippen LogP contribution in [0.4, 0.5) is 0 Å². The van der Waals surface area contributed by atoms with Gasteiger partial charge in [0, 0.05) is 44.9 Å². The molecule has 124 valence electrons. The molecular formula is C15H33N3O2Si. The first-order valence-corrected chi connectivity index (χ1v) is 10.5. The number of piperazine rings is 1. The first-order chi connectivity index (χ1) is 10.2. The average molecular weight is 316 g/mol. The van der Waals surface area contributed by atoms with Gasteiger partial charge in [0.25, 0.3) is 0 Å². The zero-order chi connectivity index (χ0) is 15.1. The molecule has 2 fully saturated rings. The molecule has 0 aromatic heterocycles. The maximum Gasteiger partial charge on any atom is 0.430 e. The topological polar surface area (TPSA) is 37.0 Å². The van der Waals surface area contributed by atoms with Gasteiger partial charge in [-0.05, 0) is 53.2 Å². The van der Waals surface area contributed by atoms with E-state index < -0.39 is 8.72 Å². The maximum atomic E-state index is 6.29. The van der Waals surface area contributed by atoms with Gasteiger partial charge in [0.15, 0.2) is 0 Å². The Morgan fingerprint density at radius 1 is 1.10 bits per heavy atom. The lowest BCUT2D eigenvalue weighted by molar-refractivity contribution is 0.0996. The molecule has 0 aromatic rings. The second-order valence-corrected chi connectivity index (χ2v) is 9.56. The highest BCUT2D eigenvalue weighted by Gasteiger charge is 2.52. The first-order valence-electron chi connectivity index (χ1n) is 8.65. The van der Waals surface area contributed by atoms with Crippen molar-refractivity contribution in [3.8, 4) is 0 Å². The van der Waals surface area contributed by atoms with Crippen molar-refractivity contribution in [2.45, 2.75) is 38.7 Å². The molecule has 2 heterocycles. The minimum atomic E-state index is -2.21. The minimum Gasteiger partial charge on any atom is -0.383 e. The van der Waals surface area contributed by atoms with E-state index in [0.717, 1.165) is 32.8 Å². The number of hydrogen-bond acceptors (Lipinski definition) is 5. The van der Waals surface area contributed by atoms with Gasteiger partial charge in [-0.3, -0.25) is 4.57 Å². The first kappa shape index (κ1) is 17.4. The van der Waals surface area contributed by atoms with Crippen LogP contribution >= 0.6 is 0 Å². The summed E-state index contributed by atoms with van der Waals surface area (Å²) < 4.78 is 15.0. The average Bonchev–Trinajstić information content (AvgIpc) is 2.50. The van der Waals surface area contributed by atoms with Gasteiger partial charge in [-0.25, -0.2) is 0 Å². The standard InChI is InChI=1S/C15H33N3O2Si/c1-4-19-21(20-5-2)15(7-6-11-17(21)3)8-12-18-13-9-16-10-14-18/h15-16H,4-14H2,1-3H3. The van der Waals surface area contributed by atoms with E-state index in [1.54, 1.807) is 0 Å². The van der Waals surface area contributed by atoms with E-state index in [1.165, 1.54) is 38.9 Å². The Morgan fingerprint density at radius 2 is 1.76 bits per heavy atom. The van der Waals surface area contributed by atoms with E-state index >= 15 is 0 Å². The number of nitrogens with one attached hydrogen (secondary N) is 1. The van der Waals surface area contributed by atoms with Crippen molar-refractivity contribution in [2.24, 2.45) is 0 Å². The molecule has 2 saturated heterocycles. The molecule has 1 atom stereocenters. The van der Waals surface area contributed by atoms with Crippen LogP contribution in [0.2, 0.25) is 5.54 Å². The van der Waals surface area contributed by atoms with Crippen LogP contribution in [0.3, 0.4) is 0 Å². The molecule has 0 radical (unpaired) electrons. The van der Waals surface area contributed by atoms with Crippen molar-refractivity contribution >= 4 is 8.72 Å². The third-order valence-electron chi connectivity index (χ3n) is 4.80. The fraction of sp³-hybridized carbons (Fsp3) is 1.00. The van der Waals surface area contributed by atoms with Gasteiger partial charge in [0.1, 0.15) is 0 Å². The van der Waals surface area contributed by atoms with Crippen LogP contribution in [0, 0.1) is 0 Å². The normalized spacial score (nSPS) is 27.9. The number of nitrogens with zero attached hydrogens (tertiary/aromatic N) is 2. The quantitative estimate of drug-likeness (QED) is 0.719. The van der Waals surface area contributed by atoms with E-state index in [0.29, 0.717) is 5.54 Å². The summed E-state index contributed by atoms with van der Waals surface area (Å²) in [4.78, 5) is 2.59. The smallest absolute Gasteiger partial charge is 0.383 e. The highest BCUT2D eigenvalue weighted by molar-refractivity contribution is 6.66. The highest BCUT2D eigenvalue weighted by atomic mass is 28.4. The summed E-state index contributed by atoms with van der Waals surface area (Å²) in [6.07, 6.45) is 3.76. The third kappa shape index (κ3) is 4.27. The Kier molecular flexibility index (Phi) is 7.11. The van der Waals surface area contributed by atoms with Crippen molar-refractivity contribution in [3.63, 3.8) is 0 Å². The maximum absolute atomic E-state index is 6.29. The Hall–Kier alpha value is 0.0169. The van der Waals surface area contributed by atoms with Crippen molar-refractivity contribution in [2.75, 3.05) is 59.5 Å². The molecule has 2 aliphatic heterocycles. The molecule has 2 rings (SSSR count). The lowest BCUT2D eigenvalue weighted by atomic mass is 10.1. The molecule has 1 unspecified atom stereocenters. The summed E-state index contributed by atoms with van der Waals surface area (Å²) in [6.45, 7) is 12.7. The van der Waals surface area contributed by atoms with E-state index in [4.69, 9.17) is 8.85 Å². The summed E-state index contributed by atoms with van der Waals surface area (Å²) in [7, 11) is -0.00610. The second-order valence-electron chi connectivity index (χ2n) is 6.14. The summed E-state index contributed by atoms with van der Waals surface area (Å²) in [5.41, 5.74) is 0.603. The minimum absolute atomic E-state index is 0.603. The molecule has 0 spiro atoms. The monoisotopic (exact) mass is 315 g/mol. The zero-order valence-corrected chi connectivity index (χ0v) is 15.1. The fourth-order valence-corrected chi connectivity index (χ4v) is 7.71. The van der Waals surface area contributed by atoms with Crippen LogP contribution in [-0.4, -0.2) is 77.7 Å². The van der Waals surface area contributed by atoms with Crippen molar-refractivity contribution < 1.29 is 8.85 Å². The largest absolute Gasteiger partial charge is 0.430 e. The van der Waals surface area contributed by atoms with E-state index in [9.17, 15) is 0 Å². The Balaban J connectivity index is 1.98. The molecular weight excluding hydrogens is 282 g/mol. The fourth-order valence-electron chi connectivity index (χ4n) is 3.74. The van der Waals surface area contributed by atoms with Gasteiger partial charge < -0.3 is 19.1 Å². The predicted molar refractivity (Wildman–Crippen MR) is 88.5 cm³/mol. The SMILES string of the molecule is CCO[Si]1(OCC)C(CCN2CCNCC2)CCCN1C. The molecule has 0 saturated carbocycles. The Morgan fingerprint density at radius 3 is 2.38 bits per heavy atom. The highest BCUT2D eigenvalue weighted by Crippen LogP contribution is 2.38. The lowest BCUT2D eigenvalue weighted by Crippen LogP contribution is -2.63. The van der Waals surface area contributed by atoms with Crippen LogP contribution in [-0.2, 0) is 8.85 Å². The van der Waals surface area contributed by atoms with Crippen molar-refractivity contribution in [1.82, 2.24) is 14.8 Å². The Labute approximate surface area is 131 Å². The van der Waals surface area contributed by atoms with Crippen LogP contribution in [0.5, 0.6) is 0 Å². The molecule has 0 amide bonds. The molecule has 0 aliphatic carbocycles. The van der Waals surface area contributed by atoms with Crippen LogP contribution in [0.1, 0.15) is 33.1 Å². The molecule has 21 heavy (non-hydrogen) atoms. The van der Waals surface area contributed by atoms with Crippen molar-refractivity contribution in [1.29, 1.82) is 0 Å². The molecule has 6 heteroatoms. The summed E-state index contributed by atoms with van der Waals surface area (Å²) in [5.74, 6) is 0. The Bertz CT molecular complexity index is 295. The van der Waals surface area contributed by atoms with Gasteiger partial charge in [-0.15, -0.1) is 0 Å². The summed E-state index contributed by atoms with van der Waals surface area (Å²) >= 11 is 0. The van der Waals surface area contributed by atoms with Gasteiger partial charge in [0.05, 0.1) is 0 Å². The molecule has 0 bridgehead atoms. The zero-order valence-electron chi connectivity index (χ0n) is 14.1. The third-order valence-corrected chi connectivity index (χ3v) is 9.10. The second kappa shape index (κ2) is 8.60. The van der Waals surface area contributed by atoms with E-state index in [1.807, 2.05) is 0 Å². The van der Waals surface area contributed by atoms with Crippen LogP contribution in [0.25, 0.3) is 0 Å². The van der Waals surface area contributed by atoms with E-state index in [-0.39, 0.29) is 0 Å². The van der Waals surface area contributed by atoms with Crippen molar-refractivity contribution in [3.05, 3.63) is 0 Å². The van der Waals surface area contributed by atoms with Gasteiger partial charge in [0.2, 0.25) is 0 Å². The molecule has 1 N–H and O–H groups in total. The van der Waals surface area contributed by atoms with Crippen LogP contribution in [0.15, 0.2) is 0 Å². The summed E-state index contributed by atoms with van der Waals surface area (Å²) in [5, 5.41) is 3.43. The van der Waals surface area contributed by atoms with Crippen LogP contribution < -0.4 is 5.32 Å². The number of rotatable bonds is 7. The molecule has 5 nitrogen and oxygen atoms in total.